The van der Waals surface area contributed by atoms with Crippen LogP contribution in [-0.4, -0.2) is 63.5 Å². The quantitative estimate of drug-likeness (QED) is 0.207. The number of benzene rings is 2. The molecule has 5 aromatic rings. The van der Waals surface area contributed by atoms with E-state index in [0.717, 1.165) is 10.9 Å². The van der Waals surface area contributed by atoms with Crippen molar-refractivity contribution >= 4 is 56.6 Å². The van der Waals surface area contributed by atoms with Gasteiger partial charge in [0.2, 0.25) is 5.91 Å². The molecule has 0 saturated carbocycles. The van der Waals surface area contributed by atoms with E-state index >= 15 is 4.39 Å². The van der Waals surface area contributed by atoms with Gasteiger partial charge in [-0.1, -0.05) is 62.4 Å². The van der Waals surface area contributed by atoms with Crippen molar-refractivity contribution in [3.05, 3.63) is 99.8 Å². The maximum absolute atomic E-state index is 16.7. The molecule has 2 unspecified atom stereocenters. The Morgan fingerprint density at radius 1 is 1.08 bits per heavy atom. The number of carbonyl (C=O) groups is 2. The second-order valence-corrected chi connectivity index (χ2v) is 13.2. The fourth-order valence-corrected chi connectivity index (χ4v) is 7.50. The lowest BCUT2D eigenvalue weighted by molar-refractivity contribution is -0.130. The number of amides is 2. The van der Waals surface area contributed by atoms with Crippen LogP contribution in [-0.2, 0) is 9.59 Å². The van der Waals surface area contributed by atoms with Gasteiger partial charge in [0.15, 0.2) is 5.65 Å². The first-order valence-corrected chi connectivity index (χ1v) is 16.2. The van der Waals surface area contributed by atoms with Gasteiger partial charge in [-0.05, 0) is 55.0 Å². The van der Waals surface area contributed by atoms with Crippen molar-refractivity contribution in [2.75, 3.05) is 29.9 Å². The fraction of sp³-hybridized carbons (Fsp3) is 0.270. The summed E-state index contributed by atoms with van der Waals surface area (Å²) in [6, 6.07) is 13.0. The molecule has 2 atom stereocenters. The molecule has 0 aliphatic carbocycles. The number of fused-ring (bicyclic) bond motifs is 6. The van der Waals surface area contributed by atoms with E-state index in [1.54, 1.807) is 30.3 Å². The minimum Gasteiger partial charge on any atom is -0.354 e. The number of nitrogens with zero attached hydrogens (tertiary/aromatic N) is 6. The van der Waals surface area contributed by atoms with Gasteiger partial charge in [0.05, 0.1) is 23.6 Å². The molecule has 7 rings (SSSR count). The van der Waals surface area contributed by atoms with Gasteiger partial charge in [0.1, 0.15) is 23.2 Å². The van der Waals surface area contributed by atoms with Gasteiger partial charge in [0, 0.05) is 47.2 Å². The molecule has 0 radical (unpaired) electrons. The Labute approximate surface area is 281 Å². The second kappa shape index (κ2) is 11.6. The van der Waals surface area contributed by atoms with Crippen molar-refractivity contribution in [3.63, 3.8) is 0 Å². The number of carbonyl (C=O) groups excluding carboxylic acids is 2. The molecule has 1 saturated heterocycles. The second-order valence-electron chi connectivity index (χ2n) is 12.8. The maximum Gasteiger partial charge on any atom is 0.283 e. The van der Waals surface area contributed by atoms with Crippen LogP contribution in [0, 0.1) is 12.7 Å². The van der Waals surface area contributed by atoms with Crippen LogP contribution in [0.15, 0.2) is 72.2 Å². The largest absolute Gasteiger partial charge is 0.354 e. The van der Waals surface area contributed by atoms with Crippen LogP contribution in [0.3, 0.4) is 0 Å². The Morgan fingerprint density at radius 3 is 2.52 bits per heavy atom. The smallest absolute Gasteiger partial charge is 0.283 e. The van der Waals surface area contributed by atoms with Gasteiger partial charge < -0.3 is 14.7 Å². The molecule has 0 bridgehead atoms. The molecule has 2 aromatic carbocycles. The van der Waals surface area contributed by atoms with E-state index in [-0.39, 0.29) is 53.9 Å². The Balaban J connectivity index is 1.61. The molecule has 2 amide bonds. The molecular formula is C37H34ClFN6O3. The lowest BCUT2D eigenvalue weighted by Crippen LogP contribution is -2.66. The number of aromatic nitrogens is 3. The average molecular weight is 665 g/mol. The minimum atomic E-state index is -0.799. The standard InChI is InChI=1S/C37H34ClFN6O3/c1-7-28(46)43-18-27-36(47)42(6)34-33(44(27)17-21(43)5)24-16-26(39)31(23-12-8-10-22-11-9-13-25(38)29(22)23)41-35(24)45(37(34)48)32-20(4)14-15-40-30(32)19(2)3/h7-16,19,21,27H,1,17-18H2,2-6H3. The zero-order chi connectivity index (χ0) is 34.2. The summed E-state index contributed by atoms with van der Waals surface area (Å²) in [5.41, 5.74) is 2.72. The Hall–Kier alpha value is -5.09. The monoisotopic (exact) mass is 664 g/mol. The summed E-state index contributed by atoms with van der Waals surface area (Å²) in [4.78, 5) is 56.1. The van der Waals surface area contributed by atoms with E-state index in [1.807, 2.05) is 62.9 Å². The van der Waals surface area contributed by atoms with E-state index in [2.05, 4.69) is 11.6 Å². The number of halogens is 2. The third kappa shape index (κ3) is 4.61. The van der Waals surface area contributed by atoms with Crippen molar-refractivity contribution in [1.82, 2.24) is 19.4 Å². The van der Waals surface area contributed by atoms with E-state index < -0.39 is 17.4 Å². The zero-order valence-corrected chi connectivity index (χ0v) is 28.0. The Morgan fingerprint density at radius 2 is 1.81 bits per heavy atom. The molecular weight excluding hydrogens is 631 g/mol. The number of aryl methyl sites for hydroxylation is 1. The zero-order valence-electron chi connectivity index (χ0n) is 27.3. The number of anilines is 2. The lowest BCUT2D eigenvalue weighted by atomic mass is 9.97. The Kier molecular flexibility index (Phi) is 7.58. The lowest BCUT2D eigenvalue weighted by Gasteiger charge is -2.49. The molecule has 48 heavy (non-hydrogen) atoms. The maximum atomic E-state index is 16.7. The van der Waals surface area contributed by atoms with Crippen LogP contribution in [0.1, 0.15) is 37.9 Å². The molecule has 3 aromatic heterocycles. The summed E-state index contributed by atoms with van der Waals surface area (Å²) in [7, 11) is 1.55. The first-order chi connectivity index (χ1) is 22.9. The summed E-state index contributed by atoms with van der Waals surface area (Å²) >= 11 is 6.68. The van der Waals surface area contributed by atoms with Crippen LogP contribution in [0.2, 0.25) is 5.02 Å². The molecule has 9 nitrogen and oxygen atoms in total. The molecule has 1 fully saturated rings. The highest BCUT2D eigenvalue weighted by atomic mass is 35.5. The van der Waals surface area contributed by atoms with Crippen molar-refractivity contribution in [1.29, 1.82) is 0 Å². The summed E-state index contributed by atoms with van der Waals surface area (Å²) in [5.74, 6) is -1.32. The van der Waals surface area contributed by atoms with Crippen molar-refractivity contribution in [2.24, 2.45) is 0 Å². The van der Waals surface area contributed by atoms with E-state index in [0.29, 0.717) is 38.4 Å². The number of hydrogen-bond donors (Lipinski definition) is 0. The van der Waals surface area contributed by atoms with Crippen LogP contribution in [0.5, 0.6) is 0 Å². The Bertz CT molecular complexity index is 2260. The first-order valence-electron chi connectivity index (χ1n) is 15.8. The van der Waals surface area contributed by atoms with Crippen molar-refractivity contribution in [2.45, 2.75) is 45.7 Å². The molecule has 0 N–H and O–H groups in total. The summed E-state index contributed by atoms with van der Waals surface area (Å²) in [6.07, 6.45) is 2.93. The summed E-state index contributed by atoms with van der Waals surface area (Å²) in [6.45, 7) is 11.7. The van der Waals surface area contributed by atoms with Gasteiger partial charge >= 0.3 is 0 Å². The minimum absolute atomic E-state index is 0.0356. The molecule has 2 aliphatic heterocycles. The highest BCUT2D eigenvalue weighted by Gasteiger charge is 2.46. The topological polar surface area (TPSA) is 91.6 Å². The molecule has 2 aliphatic rings. The van der Waals surface area contributed by atoms with Gasteiger partial charge in [-0.3, -0.25) is 23.9 Å². The predicted molar refractivity (Wildman–Crippen MR) is 188 cm³/mol. The number of pyridine rings is 3. The SMILES string of the molecule is C=CC(=O)N1CC2C(=O)N(C)c3c(c4cc(F)c(-c5cccc6cccc(Cl)c56)nc4n(-c4c(C)ccnc4C(C)C)c3=O)N2CC1C. The number of rotatable bonds is 4. The van der Waals surface area contributed by atoms with Crippen LogP contribution in [0.4, 0.5) is 15.8 Å². The molecule has 244 valence electrons. The highest BCUT2D eigenvalue weighted by Crippen LogP contribution is 2.44. The predicted octanol–water partition coefficient (Wildman–Crippen LogP) is 6.39. The molecule has 0 spiro atoms. The van der Waals surface area contributed by atoms with Crippen LogP contribution in [0.25, 0.3) is 38.8 Å². The van der Waals surface area contributed by atoms with Gasteiger partial charge in [-0.15, -0.1) is 0 Å². The van der Waals surface area contributed by atoms with Gasteiger partial charge in [-0.2, -0.15) is 0 Å². The number of piperazine rings is 1. The normalized spacial score (nSPS) is 17.7. The van der Waals surface area contributed by atoms with Crippen molar-refractivity contribution in [3.8, 4) is 16.9 Å². The van der Waals surface area contributed by atoms with Crippen molar-refractivity contribution < 1.29 is 14.0 Å². The first kappa shape index (κ1) is 31.5. The highest BCUT2D eigenvalue weighted by molar-refractivity contribution is 6.36. The van der Waals surface area contributed by atoms with Crippen LogP contribution < -0.4 is 15.4 Å². The third-order valence-corrected chi connectivity index (χ3v) is 9.84. The van der Waals surface area contributed by atoms with E-state index in [9.17, 15) is 14.4 Å². The summed E-state index contributed by atoms with van der Waals surface area (Å²) in [5, 5.41) is 2.26. The fourth-order valence-electron chi connectivity index (χ4n) is 7.21. The van der Waals surface area contributed by atoms with E-state index in [1.165, 1.54) is 21.6 Å². The number of hydrogen-bond acceptors (Lipinski definition) is 6. The number of likely N-dealkylation sites (N-methyl/N-ethyl adjacent to an activating group) is 1. The van der Waals surface area contributed by atoms with Gasteiger partial charge in [-0.25, -0.2) is 9.37 Å². The van der Waals surface area contributed by atoms with Gasteiger partial charge in [0.25, 0.3) is 11.5 Å². The van der Waals surface area contributed by atoms with Crippen LogP contribution >= 0.6 is 11.6 Å². The van der Waals surface area contributed by atoms with E-state index in [4.69, 9.17) is 16.6 Å². The molecule has 11 heteroatoms. The average Bonchev–Trinajstić information content (AvgIpc) is 3.06. The third-order valence-electron chi connectivity index (χ3n) is 9.52. The molecule has 5 heterocycles. The summed E-state index contributed by atoms with van der Waals surface area (Å²) < 4.78 is 18.2.